The highest BCUT2D eigenvalue weighted by atomic mass is 35.5. The number of aromatic nitrogens is 2. The van der Waals surface area contributed by atoms with E-state index in [1.807, 2.05) is 0 Å². The Morgan fingerprint density at radius 2 is 2.00 bits per heavy atom. The molecule has 10 heteroatoms. The zero-order chi connectivity index (χ0) is 17.1. The van der Waals surface area contributed by atoms with E-state index in [-0.39, 0.29) is 18.8 Å². The number of halogens is 4. The third-order valence-corrected chi connectivity index (χ3v) is 4.43. The molecule has 0 aliphatic carbocycles. The van der Waals surface area contributed by atoms with E-state index in [2.05, 4.69) is 9.82 Å². The van der Waals surface area contributed by atoms with Crippen molar-refractivity contribution in [1.29, 1.82) is 0 Å². The van der Waals surface area contributed by atoms with Crippen molar-refractivity contribution >= 4 is 21.6 Å². The van der Waals surface area contributed by atoms with Crippen LogP contribution in [0, 0.1) is 0 Å². The molecule has 0 unspecified atom stereocenters. The Morgan fingerprint density at radius 1 is 1.26 bits per heavy atom. The first-order chi connectivity index (χ1) is 10.7. The molecule has 1 aromatic heterocycles. The highest BCUT2D eigenvalue weighted by Gasteiger charge is 2.33. The third kappa shape index (κ3) is 5.52. The van der Waals surface area contributed by atoms with E-state index in [4.69, 9.17) is 11.6 Å². The van der Waals surface area contributed by atoms with Crippen molar-refractivity contribution in [1.82, 2.24) is 14.5 Å². The van der Waals surface area contributed by atoms with Gasteiger partial charge in [0.2, 0.25) is 10.0 Å². The molecule has 1 aromatic carbocycles. The molecule has 5 nitrogen and oxygen atoms in total. The average molecular weight is 368 g/mol. The molecule has 0 amide bonds. The zero-order valence-electron chi connectivity index (χ0n) is 11.7. The Balaban J connectivity index is 1.89. The Hall–Kier alpha value is -1.58. The summed E-state index contributed by atoms with van der Waals surface area (Å²) in [5.41, 5.74) is -0.497. The van der Waals surface area contributed by atoms with Crippen LogP contribution in [0.3, 0.4) is 0 Å². The summed E-state index contributed by atoms with van der Waals surface area (Å²) < 4.78 is 64.3. The largest absolute Gasteiger partial charge is 0.435 e. The van der Waals surface area contributed by atoms with Crippen molar-refractivity contribution in [2.75, 3.05) is 6.54 Å². The van der Waals surface area contributed by atoms with Gasteiger partial charge >= 0.3 is 6.18 Å². The number of alkyl halides is 3. The molecular weight excluding hydrogens is 355 g/mol. The molecule has 1 N–H and O–H groups in total. The summed E-state index contributed by atoms with van der Waals surface area (Å²) in [6.07, 6.45) is -3.37. The SMILES string of the molecule is O=S(=O)(Cc1cccc(Cl)c1)NCCn1ccc(C(F)(F)F)n1. The van der Waals surface area contributed by atoms with Crippen LogP contribution < -0.4 is 4.72 Å². The van der Waals surface area contributed by atoms with Crippen LogP contribution in [0.2, 0.25) is 5.02 Å². The highest BCUT2D eigenvalue weighted by molar-refractivity contribution is 7.88. The van der Waals surface area contributed by atoms with Gasteiger partial charge in [0.1, 0.15) is 0 Å². The zero-order valence-corrected chi connectivity index (χ0v) is 13.3. The molecule has 0 saturated carbocycles. The van der Waals surface area contributed by atoms with Crippen molar-refractivity contribution in [2.24, 2.45) is 0 Å². The number of nitrogens with zero attached hydrogens (tertiary/aromatic N) is 2. The first-order valence-electron chi connectivity index (χ1n) is 6.48. The van der Waals surface area contributed by atoms with Gasteiger partial charge in [-0.05, 0) is 23.8 Å². The minimum absolute atomic E-state index is 0.00907. The van der Waals surface area contributed by atoms with Crippen molar-refractivity contribution < 1.29 is 21.6 Å². The molecule has 0 atom stereocenters. The predicted octanol–water partition coefficient (Wildman–Crippen LogP) is 2.67. The number of rotatable bonds is 6. The molecule has 0 radical (unpaired) electrons. The van der Waals surface area contributed by atoms with Gasteiger partial charge in [-0.2, -0.15) is 18.3 Å². The lowest BCUT2D eigenvalue weighted by atomic mass is 10.2. The Labute approximate surface area is 136 Å². The van der Waals surface area contributed by atoms with E-state index in [0.717, 1.165) is 16.9 Å². The van der Waals surface area contributed by atoms with Crippen molar-refractivity contribution in [3.63, 3.8) is 0 Å². The number of hydrogen-bond donors (Lipinski definition) is 1. The molecule has 23 heavy (non-hydrogen) atoms. The Morgan fingerprint density at radius 3 is 2.61 bits per heavy atom. The van der Waals surface area contributed by atoms with Gasteiger partial charge in [0, 0.05) is 17.8 Å². The Bertz CT molecular complexity index is 775. The normalized spacial score (nSPS) is 12.5. The second kappa shape index (κ2) is 6.90. The average Bonchev–Trinajstić information content (AvgIpc) is 2.86. The maximum atomic E-state index is 12.4. The summed E-state index contributed by atoms with van der Waals surface area (Å²) >= 11 is 5.78. The summed E-state index contributed by atoms with van der Waals surface area (Å²) in [6.45, 7) is -0.0767. The van der Waals surface area contributed by atoms with Crippen LogP contribution in [-0.2, 0) is 28.5 Å². The fourth-order valence-corrected chi connectivity index (χ4v) is 3.19. The summed E-state index contributed by atoms with van der Waals surface area (Å²) in [5, 5.41) is 3.76. The first kappa shape index (κ1) is 17.8. The molecule has 2 rings (SSSR count). The van der Waals surface area contributed by atoms with Crippen LogP contribution in [-0.4, -0.2) is 24.7 Å². The molecule has 0 spiro atoms. The minimum atomic E-state index is -4.52. The standard InChI is InChI=1S/C13H13ClF3N3O2S/c14-11-3-1-2-10(8-11)9-23(21,22)18-5-7-20-6-4-12(19-20)13(15,16)17/h1-4,6,8,18H,5,7,9H2. The first-order valence-corrected chi connectivity index (χ1v) is 8.51. The molecule has 0 aliphatic rings. The molecule has 0 aliphatic heterocycles. The Kier molecular flexibility index (Phi) is 5.33. The second-order valence-corrected chi connectivity index (χ2v) is 6.99. The van der Waals surface area contributed by atoms with E-state index in [1.54, 1.807) is 18.2 Å². The lowest BCUT2D eigenvalue weighted by Gasteiger charge is -2.07. The van der Waals surface area contributed by atoms with Crippen LogP contribution in [0.4, 0.5) is 13.2 Å². The van der Waals surface area contributed by atoms with Gasteiger partial charge in [0.15, 0.2) is 5.69 Å². The van der Waals surface area contributed by atoms with Gasteiger partial charge in [0.25, 0.3) is 0 Å². The van der Waals surface area contributed by atoms with E-state index in [9.17, 15) is 21.6 Å². The molecular formula is C13H13ClF3N3O2S. The van der Waals surface area contributed by atoms with E-state index in [1.165, 1.54) is 6.07 Å². The summed E-state index contributed by atoms with van der Waals surface area (Å²) in [7, 11) is -3.62. The number of benzene rings is 1. The number of hydrogen-bond acceptors (Lipinski definition) is 3. The topological polar surface area (TPSA) is 64.0 Å². The lowest BCUT2D eigenvalue weighted by Crippen LogP contribution is -2.28. The second-order valence-electron chi connectivity index (χ2n) is 4.75. The van der Waals surface area contributed by atoms with Crippen LogP contribution in [0.1, 0.15) is 11.3 Å². The third-order valence-electron chi connectivity index (χ3n) is 2.84. The molecule has 0 fully saturated rings. The molecule has 126 valence electrons. The van der Waals surface area contributed by atoms with E-state index >= 15 is 0 Å². The lowest BCUT2D eigenvalue weighted by molar-refractivity contribution is -0.141. The number of nitrogens with one attached hydrogen (secondary N) is 1. The summed E-state index contributed by atoms with van der Waals surface area (Å²) in [4.78, 5) is 0. The summed E-state index contributed by atoms with van der Waals surface area (Å²) in [6, 6.07) is 7.25. The van der Waals surface area contributed by atoms with Crippen LogP contribution in [0.15, 0.2) is 36.5 Å². The predicted molar refractivity (Wildman–Crippen MR) is 79.3 cm³/mol. The molecule has 0 bridgehead atoms. The fraction of sp³-hybridized carbons (Fsp3) is 0.308. The van der Waals surface area contributed by atoms with Crippen LogP contribution in [0.25, 0.3) is 0 Å². The minimum Gasteiger partial charge on any atom is -0.271 e. The van der Waals surface area contributed by atoms with Crippen LogP contribution >= 0.6 is 11.6 Å². The van der Waals surface area contributed by atoms with E-state index in [0.29, 0.717) is 10.6 Å². The summed E-state index contributed by atoms with van der Waals surface area (Å²) in [5.74, 6) is -0.263. The smallest absolute Gasteiger partial charge is 0.271 e. The highest BCUT2D eigenvalue weighted by Crippen LogP contribution is 2.27. The van der Waals surface area contributed by atoms with Gasteiger partial charge in [-0.15, -0.1) is 0 Å². The van der Waals surface area contributed by atoms with Crippen molar-refractivity contribution in [2.45, 2.75) is 18.5 Å². The monoisotopic (exact) mass is 367 g/mol. The van der Waals surface area contributed by atoms with Gasteiger partial charge in [-0.25, -0.2) is 13.1 Å². The quantitative estimate of drug-likeness (QED) is 0.853. The fourth-order valence-electron chi connectivity index (χ4n) is 1.85. The molecule has 0 saturated heterocycles. The molecule has 1 heterocycles. The van der Waals surface area contributed by atoms with Crippen molar-refractivity contribution in [3.05, 3.63) is 52.8 Å². The van der Waals surface area contributed by atoms with E-state index < -0.39 is 21.9 Å². The number of sulfonamides is 1. The van der Waals surface area contributed by atoms with Gasteiger partial charge in [-0.1, -0.05) is 23.7 Å². The van der Waals surface area contributed by atoms with Gasteiger partial charge in [0.05, 0.1) is 12.3 Å². The maximum absolute atomic E-state index is 12.4. The molecule has 2 aromatic rings. The van der Waals surface area contributed by atoms with Crippen molar-refractivity contribution in [3.8, 4) is 0 Å². The maximum Gasteiger partial charge on any atom is 0.435 e. The van der Waals surface area contributed by atoms with Gasteiger partial charge < -0.3 is 0 Å². The van der Waals surface area contributed by atoms with Gasteiger partial charge in [-0.3, -0.25) is 4.68 Å². The van der Waals surface area contributed by atoms with Crippen LogP contribution in [0.5, 0.6) is 0 Å².